The van der Waals surface area contributed by atoms with E-state index in [1.54, 1.807) is 24.1 Å². The summed E-state index contributed by atoms with van der Waals surface area (Å²) in [5.74, 6) is 1.23. The molecule has 0 aromatic heterocycles. The van der Waals surface area contributed by atoms with Crippen molar-refractivity contribution in [2.24, 2.45) is 0 Å². The molecule has 0 N–H and O–H groups in total. The highest BCUT2D eigenvalue weighted by molar-refractivity contribution is 14.1. The molecule has 190 valence electrons. The lowest BCUT2D eigenvalue weighted by atomic mass is 10.1. The van der Waals surface area contributed by atoms with E-state index in [1.165, 1.54) is 17.0 Å². The van der Waals surface area contributed by atoms with Gasteiger partial charge in [0.05, 0.1) is 24.4 Å². The Labute approximate surface area is 246 Å². The van der Waals surface area contributed by atoms with Crippen LogP contribution in [0.25, 0.3) is 6.08 Å². The molecular weight excluding hydrogens is 720 g/mol. The minimum absolute atomic E-state index is 0.0392. The molecule has 1 fully saturated rings. The van der Waals surface area contributed by atoms with Gasteiger partial charge in [0.25, 0.3) is 11.6 Å². The number of rotatable bonds is 8. The average molecular weight is 741 g/mol. The van der Waals surface area contributed by atoms with Crippen LogP contribution in [0.15, 0.2) is 66.4 Å². The first-order chi connectivity index (χ1) is 17.7. The summed E-state index contributed by atoms with van der Waals surface area (Å²) in [5.41, 5.74) is 2.84. The molecule has 1 saturated heterocycles. The number of anilines is 1. The van der Waals surface area contributed by atoms with Gasteiger partial charge in [0.15, 0.2) is 5.11 Å². The molecule has 1 aliphatic heterocycles. The van der Waals surface area contributed by atoms with Gasteiger partial charge in [0.1, 0.15) is 23.8 Å². The first-order valence-electron chi connectivity index (χ1n) is 11.1. The molecule has 11 heteroatoms. The molecule has 0 radical (unpaired) electrons. The number of nitrogens with zero attached hydrogens (tertiary/aromatic N) is 3. The summed E-state index contributed by atoms with van der Waals surface area (Å²) >= 11 is 9.97. The molecule has 37 heavy (non-hydrogen) atoms. The van der Waals surface area contributed by atoms with Crippen molar-refractivity contribution in [3.05, 3.63) is 94.7 Å². The largest absolute Gasteiger partial charge is 0.494 e. The van der Waals surface area contributed by atoms with Gasteiger partial charge in [-0.1, -0.05) is 0 Å². The first kappa shape index (κ1) is 27.3. The maximum Gasteiger partial charge on any atom is 0.281 e. The third-order valence-electron chi connectivity index (χ3n) is 5.52. The molecule has 1 amide bonds. The van der Waals surface area contributed by atoms with E-state index in [4.69, 9.17) is 21.7 Å². The minimum Gasteiger partial charge on any atom is -0.494 e. The van der Waals surface area contributed by atoms with Crippen LogP contribution in [0.1, 0.15) is 18.1 Å². The highest BCUT2D eigenvalue weighted by atomic mass is 127. The van der Waals surface area contributed by atoms with Crippen LogP contribution in [0.2, 0.25) is 0 Å². The maximum absolute atomic E-state index is 13.3. The summed E-state index contributed by atoms with van der Waals surface area (Å²) in [5, 5.41) is 11.2. The third kappa shape index (κ3) is 6.04. The Bertz CT molecular complexity index is 1370. The molecule has 0 atom stereocenters. The number of thiocarbonyl (C=S) groups is 1. The Morgan fingerprint density at radius 1 is 1.03 bits per heavy atom. The van der Waals surface area contributed by atoms with Crippen molar-refractivity contribution in [3.8, 4) is 11.5 Å². The molecule has 0 unspecified atom stereocenters. The summed E-state index contributed by atoms with van der Waals surface area (Å²) in [4.78, 5) is 27.0. The number of ether oxygens (including phenoxy) is 2. The van der Waals surface area contributed by atoms with E-state index in [2.05, 4.69) is 45.2 Å². The van der Waals surface area contributed by atoms with E-state index in [-0.39, 0.29) is 18.2 Å². The number of hydrogen-bond acceptors (Lipinski definition) is 6. The standard InChI is InChI=1S/C26H21I2N3O5S/c1-3-35-20-10-8-18(9-11-20)30-25(32)23(29(2)26(30)37)14-17-12-21(27)24(22(28)13-17)36-15-16-4-6-19(7-5-16)31(33)34/h4-14H,3,15H2,1-2H3/b23-14-. The lowest BCUT2D eigenvalue weighted by Gasteiger charge is -2.16. The Balaban J connectivity index is 1.53. The van der Waals surface area contributed by atoms with E-state index >= 15 is 0 Å². The quantitative estimate of drug-likeness (QED) is 0.0871. The second kappa shape index (κ2) is 11.7. The number of nitro benzene ring substituents is 1. The third-order valence-corrected chi connectivity index (χ3v) is 7.58. The molecule has 3 aromatic rings. The number of benzene rings is 3. The van der Waals surface area contributed by atoms with Crippen molar-refractivity contribution >= 4 is 85.9 Å². The van der Waals surface area contributed by atoms with Crippen molar-refractivity contribution in [1.29, 1.82) is 0 Å². The van der Waals surface area contributed by atoms with Gasteiger partial charge in [-0.2, -0.15) is 0 Å². The second-order valence-corrected chi connectivity index (χ2v) is 10.7. The van der Waals surface area contributed by atoms with Gasteiger partial charge < -0.3 is 14.4 Å². The number of halogens is 2. The predicted molar refractivity (Wildman–Crippen MR) is 163 cm³/mol. The van der Waals surface area contributed by atoms with Crippen molar-refractivity contribution in [2.75, 3.05) is 18.6 Å². The lowest BCUT2D eigenvalue weighted by Crippen LogP contribution is -2.31. The number of likely N-dealkylation sites (N-methyl/N-ethyl adjacent to an activating group) is 1. The van der Waals surface area contributed by atoms with E-state index < -0.39 is 4.92 Å². The van der Waals surface area contributed by atoms with Gasteiger partial charge >= 0.3 is 0 Å². The zero-order chi connectivity index (χ0) is 26.7. The van der Waals surface area contributed by atoms with Gasteiger partial charge in [0.2, 0.25) is 0 Å². The number of amides is 1. The van der Waals surface area contributed by atoms with Gasteiger partial charge in [-0.3, -0.25) is 19.8 Å². The number of nitro groups is 1. The maximum atomic E-state index is 13.3. The molecule has 0 aliphatic carbocycles. The van der Waals surface area contributed by atoms with Crippen LogP contribution in [0.4, 0.5) is 11.4 Å². The predicted octanol–water partition coefficient (Wildman–Crippen LogP) is 6.39. The van der Waals surface area contributed by atoms with E-state index in [0.29, 0.717) is 28.9 Å². The Hall–Kier alpha value is -2.78. The molecule has 0 spiro atoms. The summed E-state index contributed by atoms with van der Waals surface area (Å²) < 4.78 is 13.3. The van der Waals surface area contributed by atoms with E-state index in [1.807, 2.05) is 49.4 Å². The van der Waals surface area contributed by atoms with Crippen LogP contribution in [-0.4, -0.2) is 34.5 Å². The Morgan fingerprint density at radius 3 is 2.22 bits per heavy atom. The Kier molecular flexibility index (Phi) is 8.64. The van der Waals surface area contributed by atoms with Crippen LogP contribution >= 0.6 is 57.4 Å². The number of carbonyl (C=O) groups excluding carboxylic acids is 1. The molecule has 1 heterocycles. The highest BCUT2D eigenvalue weighted by Crippen LogP contribution is 2.33. The molecule has 1 aliphatic rings. The Morgan fingerprint density at radius 2 is 1.65 bits per heavy atom. The highest BCUT2D eigenvalue weighted by Gasteiger charge is 2.36. The van der Waals surface area contributed by atoms with Gasteiger partial charge in [-0.25, -0.2) is 0 Å². The lowest BCUT2D eigenvalue weighted by molar-refractivity contribution is -0.384. The van der Waals surface area contributed by atoms with E-state index in [0.717, 1.165) is 24.0 Å². The average Bonchev–Trinajstić information content (AvgIpc) is 3.07. The van der Waals surface area contributed by atoms with Crippen molar-refractivity contribution in [2.45, 2.75) is 13.5 Å². The van der Waals surface area contributed by atoms with Crippen LogP contribution in [0.3, 0.4) is 0 Å². The fraction of sp³-hybridized carbons (Fsp3) is 0.154. The SMILES string of the molecule is CCOc1ccc(N2C(=O)/C(=C/c3cc(I)c(OCc4ccc([N+](=O)[O-])cc4)c(I)c3)N(C)C2=S)cc1. The fourth-order valence-electron chi connectivity index (χ4n) is 3.67. The summed E-state index contributed by atoms with van der Waals surface area (Å²) in [6, 6.07) is 17.4. The van der Waals surface area contributed by atoms with Gasteiger partial charge in [-0.15, -0.1) is 0 Å². The van der Waals surface area contributed by atoms with Crippen molar-refractivity contribution in [3.63, 3.8) is 0 Å². The van der Waals surface area contributed by atoms with Gasteiger partial charge in [-0.05, 0) is 130 Å². The van der Waals surface area contributed by atoms with Crippen molar-refractivity contribution < 1.29 is 19.2 Å². The van der Waals surface area contributed by atoms with Crippen molar-refractivity contribution in [1.82, 2.24) is 4.90 Å². The molecule has 0 bridgehead atoms. The normalized spacial score (nSPS) is 14.4. The number of carbonyl (C=O) groups is 1. The van der Waals surface area contributed by atoms with Crippen LogP contribution in [0.5, 0.6) is 11.5 Å². The summed E-state index contributed by atoms with van der Waals surface area (Å²) in [7, 11) is 1.78. The zero-order valence-corrected chi connectivity index (χ0v) is 24.9. The van der Waals surface area contributed by atoms with E-state index in [9.17, 15) is 14.9 Å². The minimum atomic E-state index is -0.430. The van der Waals surface area contributed by atoms with Crippen LogP contribution in [-0.2, 0) is 11.4 Å². The summed E-state index contributed by atoms with van der Waals surface area (Å²) in [6.07, 6.45) is 1.81. The topological polar surface area (TPSA) is 85.1 Å². The molecule has 3 aromatic carbocycles. The smallest absolute Gasteiger partial charge is 0.281 e. The monoisotopic (exact) mass is 741 g/mol. The van der Waals surface area contributed by atoms with Crippen LogP contribution < -0.4 is 14.4 Å². The number of non-ortho nitro benzene ring substituents is 1. The van der Waals surface area contributed by atoms with Crippen LogP contribution in [0, 0.1) is 17.3 Å². The molecule has 0 saturated carbocycles. The molecule has 8 nitrogen and oxygen atoms in total. The zero-order valence-electron chi connectivity index (χ0n) is 19.8. The fourth-order valence-corrected chi connectivity index (χ4v) is 6.08. The number of hydrogen-bond donors (Lipinski definition) is 0. The second-order valence-electron chi connectivity index (χ2n) is 7.96. The molecule has 4 rings (SSSR count). The molecular formula is C26H21I2N3O5S. The summed E-state index contributed by atoms with van der Waals surface area (Å²) in [6.45, 7) is 2.75. The first-order valence-corrected chi connectivity index (χ1v) is 13.7. The van der Waals surface area contributed by atoms with Gasteiger partial charge in [0, 0.05) is 19.2 Å².